The van der Waals surface area contributed by atoms with E-state index < -0.39 is 10.0 Å². The Balaban J connectivity index is 0.00000220. The van der Waals surface area contributed by atoms with Gasteiger partial charge in [0.25, 0.3) is 0 Å². The van der Waals surface area contributed by atoms with Crippen LogP contribution in [0.2, 0.25) is 0 Å². The monoisotopic (exact) mass is 398 g/mol. The van der Waals surface area contributed by atoms with Crippen molar-refractivity contribution in [3.05, 3.63) is 22.7 Å². The number of halogens is 2. The summed E-state index contributed by atoms with van der Waals surface area (Å²) in [5.41, 5.74) is 0. The van der Waals surface area contributed by atoms with E-state index in [1.54, 1.807) is 22.5 Å². The van der Waals surface area contributed by atoms with Crippen LogP contribution in [0.3, 0.4) is 0 Å². The molecule has 8 heteroatoms. The highest BCUT2D eigenvalue weighted by Crippen LogP contribution is 2.29. The molecule has 1 aromatic carbocycles. The highest BCUT2D eigenvalue weighted by molar-refractivity contribution is 9.10. The normalized spacial score (nSPS) is 19.3. The minimum atomic E-state index is -3.45. The van der Waals surface area contributed by atoms with Crippen LogP contribution in [0.25, 0.3) is 0 Å². The van der Waals surface area contributed by atoms with Gasteiger partial charge in [-0.15, -0.1) is 12.4 Å². The van der Waals surface area contributed by atoms with Crippen LogP contribution >= 0.6 is 28.3 Å². The molecule has 1 aliphatic heterocycles. The van der Waals surface area contributed by atoms with E-state index >= 15 is 0 Å². The summed E-state index contributed by atoms with van der Waals surface area (Å²) in [5.74, 6) is 0.910. The molecule has 120 valence electrons. The molecule has 0 bridgehead atoms. The highest BCUT2D eigenvalue weighted by atomic mass is 79.9. The van der Waals surface area contributed by atoms with E-state index in [2.05, 4.69) is 21.2 Å². The number of sulfonamides is 1. The molecule has 1 aliphatic rings. The molecule has 1 heterocycles. The standard InChI is InChI=1S/C13H19BrN2O3S.ClH/c1-15-8-10-3-4-16(9-10)20(17,18)13-6-11(14)5-12(7-13)19-2;/h5-7,10,15H,3-4,8-9H2,1-2H3;1H. The third-order valence-electron chi connectivity index (χ3n) is 3.46. The van der Waals surface area contributed by atoms with Gasteiger partial charge in [-0.1, -0.05) is 15.9 Å². The van der Waals surface area contributed by atoms with Crippen LogP contribution in [0.1, 0.15) is 6.42 Å². The fourth-order valence-corrected chi connectivity index (χ4v) is 4.64. The maximum Gasteiger partial charge on any atom is 0.243 e. The van der Waals surface area contributed by atoms with Crippen molar-refractivity contribution in [2.75, 3.05) is 33.8 Å². The fourth-order valence-electron chi connectivity index (χ4n) is 2.42. The minimum Gasteiger partial charge on any atom is -0.497 e. The molecule has 0 spiro atoms. The SMILES string of the molecule is CNCC1CCN(S(=O)(=O)c2cc(Br)cc(OC)c2)C1.Cl. The van der Waals surface area contributed by atoms with Gasteiger partial charge in [0, 0.05) is 23.6 Å². The highest BCUT2D eigenvalue weighted by Gasteiger charge is 2.32. The quantitative estimate of drug-likeness (QED) is 0.824. The van der Waals surface area contributed by atoms with Crippen molar-refractivity contribution >= 4 is 38.4 Å². The van der Waals surface area contributed by atoms with Gasteiger partial charge in [-0.2, -0.15) is 4.31 Å². The van der Waals surface area contributed by atoms with Gasteiger partial charge in [-0.3, -0.25) is 0 Å². The lowest BCUT2D eigenvalue weighted by Gasteiger charge is -2.17. The molecule has 2 rings (SSSR count). The van der Waals surface area contributed by atoms with E-state index in [4.69, 9.17) is 4.74 Å². The zero-order valence-electron chi connectivity index (χ0n) is 12.0. The molecule has 1 atom stereocenters. The number of methoxy groups -OCH3 is 1. The van der Waals surface area contributed by atoms with Crippen LogP contribution in [-0.4, -0.2) is 46.5 Å². The van der Waals surface area contributed by atoms with Gasteiger partial charge in [0.2, 0.25) is 10.0 Å². The van der Waals surface area contributed by atoms with Crippen LogP contribution < -0.4 is 10.1 Å². The van der Waals surface area contributed by atoms with Gasteiger partial charge >= 0.3 is 0 Å². The topological polar surface area (TPSA) is 58.6 Å². The Bertz CT molecular complexity index is 583. The van der Waals surface area contributed by atoms with Gasteiger partial charge in [-0.25, -0.2) is 8.42 Å². The largest absolute Gasteiger partial charge is 0.497 e. The molecule has 0 radical (unpaired) electrons. The molecular weight excluding hydrogens is 380 g/mol. The molecular formula is C13H20BrClN2O3S. The number of hydrogen-bond donors (Lipinski definition) is 1. The third-order valence-corrected chi connectivity index (χ3v) is 5.76. The van der Waals surface area contributed by atoms with Crippen LogP contribution in [0.5, 0.6) is 5.75 Å². The molecule has 21 heavy (non-hydrogen) atoms. The molecule has 0 amide bonds. The zero-order chi connectivity index (χ0) is 14.8. The number of rotatable bonds is 5. The van der Waals surface area contributed by atoms with Crippen LogP contribution in [0, 0.1) is 5.92 Å². The maximum atomic E-state index is 12.6. The molecule has 0 aromatic heterocycles. The predicted octanol–water partition coefficient (Wildman–Crippen LogP) is 2.11. The summed E-state index contributed by atoms with van der Waals surface area (Å²) in [6.07, 6.45) is 0.894. The minimum absolute atomic E-state index is 0. The average Bonchev–Trinajstić information content (AvgIpc) is 2.87. The van der Waals surface area contributed by atoms with Crippen molar-refractivity contribution in [1.29, 1.82) is 0 Å². The molecule has 0 aliphatic carbocycles. The van der Waals surface area contributed by atoms with Crippen molar-refractivity contribution < 1.29 is 13.2 Å². The van der Waals surface area contributed by atoms with E-state index in [1.165, 1.54) is 7.11 Å². The Morgan fingerprint density at radius 3 is 2.76 bits per heavy atom. The Kier molecular flexibility index (Phi) is 6.93. The lowest BCUT2D eigenvalue weighted by molar-refractivity contribution is 0.412. The first-order valence-electron chi connectivity index (χ1n) is 6.46. The summed E-state index contributed by atoms with van der Waals surface area (Å²) in [6, 6.07) is 4.92. The van der Waals surface area contributed by atoms with Gasteiger partial charge in [0.1, 0.15) is 5.75 Å². The molecule has 1 saturated heterocycles. The second-order valence-electron chi connectivity index (χ2n) is 4.90. The summed E-state index contributed by atoms with van der Waals surface area (Å²) in [7, 11) is -0.0394. The summed E-state index contributed by atoms with van der Waals surface area (Å²) >= 11 is 3.32. The lowest BCUT2D eigenvalue weighted by atomic mass is 10.1. The molecule has 0 saturated carbocycles. The average molecular weight is 400 g/mol. The second kappa shape index (κ2) is 7.78. The summed E-state index contributed by atoms with van der Waals surface area (Å²) in [4.78, 5) is 0.272. The van der Waals surface area contributed by atoms with E-state index in [1.807, 2.05) is 7.05 Å². The Hall–Kier alpha value is -0.340. The first-order chi connectivity index (χ1) is 9.47. The van der Waals surface area contributed by atoms with E-state index in [0.717, 1.165) is 13.0 Å². The van der Waals surface area contributed by atoms with Crippen molar-refractivity contribution in [1.82, 2.24) is 9.62 Å². The van der Waals surface area contributed by atoms with Crippen LogP contribution in [0.15, 0.2) is 27.6 Å². The summed E-state index contributed by atoms with van der Waals surface area (Å²) < 4.78 is 32.6. The van der Waals surface area contributed by atoms with Crippen molar-refractivity contribution in [2.45, 2.75) is 11.3 Å². The summed E-state index contributed by atoms with van der Waals surface area (Å²) in [6.45, 7) is 1.98. The van der Waals surface area contributed by atoms with Crippen molar-refractivity contribution in [3.63, 3.8) is 0 Å². The van der Waals surface area contributed by atoms with E-state index in [9.17, 15) is 8.42 Å². The summed E-state index contributed by atoms with van der Waals surface area (Å²) in [5, 5.41) is 3.10. The number of nitrogens with zero attached hydrogens (tertiary/aromatic N) is 1. The smallest absolute Gasteiger partial charge is 0.243 e. The van der Waals surface area contributed by atoms with Crippen LogP contribution in [0.4, 0.5) is 0 Å². The Labute approximate surface area is 140 Å². The molecule has 1 unspecified atom stereocenters. The first-order valence-corrected chi connectivity index (χ1v) is 8.70. The van der Waals surface area contributed by atoms with Crippen LogP contribution in [-0.2, 0) is 10.0 Å². The van der Waals surface area contributed by atoms with Crippen molar-refractivity contribution in [3.8, 4) is 5.75 Å². The molecule has 5 nitrogen and oxygen atoms in total. The van der Waals surface area contributed by atoms with E-state index in [-0.39, 0.29) is 17.3 Å². The first kappa shape index (κ1) is 18.7. The Morgan fingerprint density at radius 1 is 1.43 bits per heavy atom. The molecule has 1 aromatic rings. The van der Waals surface area contributed by atoms with Gasteiger partial charge in [-0.05, 0) is 38.1 Å². The van der Waals surface area contributed by atoms with Gasteiger partial charge in [0.15, 0.2) is 0 Å². The molecule has 1 N–H and O–H groups in total. The van der Waals surface area contributed by atoms with Gasteiger partial charge in [0.05, 0.1) is 12.0 Å². The maximum absolute atomic E-state index is 12.6. The van der Waals surface area contributed by atoms with E-state index in [0.29, 0.717) is 29.2 Å². The molecule has 1 fully saturated rings. The number of hydrogen-bond acceptors (Lipinski definition) is 4. The number of ether oxygens (including phenoxy) is 1. The Morgan fingerprint density at radius 2 is 2.14 bits per heavy atom. The third kappa shape index (κ3) is 4.32. The van der Waals surface area contributed by atoms with Gasteiger partial charge < -0.3 is 10.1 Å². The lowest BCUT2D eigenvalue weighted by Crippen LogP contribution is -2.30. The predicted molar refractivity (Wildman–Crippen MR) is 88.7 cm³/mol. The number of benzene rings is 1. The number of nitrogens with one attached hydrogen (secondary N) is 1. The second-order valence-corrected chi connectivity index (χ2v) is 7.76. The fraction of sp³-hybridized carbons (Fsp3) is 0.538. The van der Waals surface area contributed by atoms with Crippen molar-refractivity contribution in [2.24, 2.45) is 5.92 Å². The zero-order valence-corrected chi connectivity index (χ0v) is 15.2.